The first-order chi connectivity index (χ1) is 12.8. The van der Waals surface area contributed by atoms with Gasteiger partial charge in [-0.25, -0.2) is 0 Å². The number of rotatable bonds is 4. The molecular weight excluding hydrogens is 389 g/mol. The second-order valence-corrected chi connectivity index (χ2v) is 7.41. The molecule has 2 aromatic rings. The van der Waals surface area contributed by atoms with Gasteiger partial charge in [0.2, 0.25) is 5.91 Å². The van der Waals surface area contributed by atoms with Gasteiger partial charge in [0.1, 0.15) is 5.69 Å². The Morgan fingerprint density at radius 3 is 2.63 bits per heavy atom. The highest BCUT2D eigenvalue weighted by atomic mass is 35.5. The summed E-state index contributed by atoms with van der Waals surface area (Å²) in [6.07, 6.45) is 2.03. The van der Waals surface area contributed by atoms with Gasteiger partial charge in [-0.2, -0.15) is 0 Å². The summed E-state index contributed by atoms with van der Waals surface area (Å²) < 4.78 is 0. The minimum atomic E-state index is -0.366. The van der Waals surface area contributed by atoms with Crippen LogP contribution in [0, 0.1) is 6.92 Å². The van der Waals surface area contributed by atoms with Gasteiger partial charge in [-0.1, -0.05) is 23.2 Å². The lowest BCUT2D eigenvalue weighted by Gasteiger charge is -2.17. The van der Waals surface area contributed by atoms with Crippen LogP contribution in [0.3, 0.4) is 0 Å². The molecule has 1 aromatic heterocycles. The zero-order chi connectivity index (χ0) is 19.7. The average molecular weight is 408 g/mol. The van der Waals surface area contributed by atoms with Gasteiger partial charge in [-0.3, -0.25) is 14.4 Å². The Balaban J connectivity index is 1.70. The van der Waals surface area contributed by atoms with Crippen LogP contribution in [0.15, 0.2) is 18.2 Å². The number of nitrogens with zero attached hydrogens (tertiary/aromatic N) is 1. The minimum Gasteiger partial charge on any atom is -0.354 e. The molecule has 142 valence electrons. The highest BCUT2D eigenvalue weighted by molar-refractivity contribution is 6.42. The van der Waals surface area contributed by atoms with E-state index in [1.807, 2.05) is 0 Å². The van der Waals surface area contributed by atoms with Crippen LogP contribution < -0.4 is 5.32 Å². The van der Waals surface area contributed by atoms with Crippen LogP contribution in [-0.2, 0) is 11.2 Å². The fourth-order valence-electron chi connectivity index (χ4n) is 3.24. The fraction of sp³-hybridized carbons (Fsp3) is 0.316. The number of likely N-dealkylation sites (N-methyl/N-ethyl adjacent to an activating group) is 1. The highest BCUT2D eigenvalue weighted by Crippen LogP contribution is 2.27. The Morgan fingerprint density at radius 1 is 1.22 bits per heavy atom. The number of Topliss-reactive ketones (excluding diaryl/α,β-unsaturated/α-hetero) is 1. The molecular formula is C19H19Cl2N3O3. The molecule has 0 unspecified atom stereocenters. The predicted octanol–water partition coefficient (Wildman–Crippen LogP) is 3.86. The van der Waals surface area contributed by atoms with Gasteiger partial charge in [0, 0.05) is 30.4 Å². The first-order valence-corrected chi connectivity index (χ1v) is 9.28. The molecule has 2 amide bonds. The summed E-state index contributed by atoms with van der Waals surface area (Å²) in [5, 5.41) is 3.40. The van der Waals surface area contributed by atoms with E-state index in [1.54, 1.807) is 25.1 Å². The summed E-state index contributed by atoms with van der Waals surface area (Å²) in [4.78, 5) is 41.5. The summed E-state index contributed by atoms with van der Waals surface area (Å²) >= 11 is 11.8. The molecule has 3 rings (SSSR count). The predicted molar refractivity (Wildman–Crippen MR) is 105 cm³/mol. The number of anilines is 1. The van der Waals surface area contributed by atoms with Crippen LogP contribution in [0.4, 0.5) is 5.69 Å². The molecule has 8 heteroatoms. The van der Waals surface area contributed by atoms with Crippen LogP contribution in [0.5, 0.6) is 0 Å². The summed E-state index contributed by atoms with van der Waals surface area (Å²) in [6, 6.07) is 4.75. The first-order valence-electron chi connectivity index (χ1n) is 8.53. The SMILES string of the molecule is Cc1c(C(=O)N(C)CC(=O)Nc2ccc(Cl)c(Cl)c2)[nH]c2c1C(=O)CCC2. The number of fused-ring (bicyclic) bond motifs is 1. The van der Waals surface area contributed by atoms with Gasteiger partial charge in [-0.05, 0) is 43.5 Å². The molecule has 1 aromatic carbocycles. The molecule has 0 radical (unpaired) electrons. The average Bonchev–Trinajstić information content (AvgIpc) is 2.95. The summed E-state index contributed by atoms with van der Waals surface area (Å²) in [7, 11) is 1.54. The number of aryl methyl sites for hydroxylation is 1. The molecule has 0 bridgehead atoms. The van der Waals surface area contributed by atoms with Gasteiger partial charge in [0.15, 0.2) is 5.78 Å². The zero-order valence-electron chi connectivity index (χ0n) is 15.0. The van der Waals surface area contributed by atoms with Gasteiger partial charge < -0.3 is 15.2 Å². The minimum absolute atomic E-state index is 0.0593. The number of amides is 2. The largest absolute Gasteiger partial charge is 0.354 e. The highest BCUT2D eigenvalue weighted by Gasteiger charge is 2.28. The number of aromatic nitrogens is 1. The monoisotopic (exact) mass is 407 g/mol. The normalized spacial score (nSPS) is 13.3. The number of aromatic amines is 1. The number of carbonyl (C=O) groups excluding carboxylic acids is 3. The van der Waals surface area contributed by atoms with Gasteiger partial charge in [0.25, 0.3) is 5.91 Å². The van der Waals surface area contributed by atoms with Crippen LogP contribution in [0.1, 0.15) is 44.9 Å². The molecule has 6 nitrogen and oxygen atoms in total. The Morgan fingerprint density at radius 2 is 1.96 bits per heavy atom. The van der Waals surface area contributed by atoms with Crippen LogP contribution >= 0.6 is 23.2 Å². The van der Waals surface area contributed by atoms with Crippen molar-refractivity contribution >= 4 is 46.5 Å². The third kappa shape index (κ3) is 4.01. The second kappa shape index (κ2) is 7.74. The number of hydrogen-bond acceptors (Lipinski definition) is 3. The Kier molecular flexibility index (Phi) is 5.58. The molecule has 0 atom stereocenters. The van der Waals surface area contributed by atoms with Crippen LogP contribution in [-0.4, -0.2) is 41.1 Å². The van der Waals surface area contributed by atoms with Gasteiger partial charge >= 0.3 is 0 Å². The second-order valence-electron chi connectivity index (χ2n) is 6.59. The fourth-order valence-corrected chi connectivity index (χ4v) is 3.54. The smallest absolute Gasteiger partial charge is 0.270 e. The van der Waals surface area contributed by atoms with Crippen molar-refractivity contribution in [2.75, 3.05) is 18.9 Å². The first kappa shape index (κ1) is 19.5. The maximum absolute atomic E-state index is 12.7. The number of benzene rings is 1. The Bertz CT molecular complexity index is 937. The maximum atomic E-state index is 12.7. The van der Waals surface area contributed by atoms with Crippen molar-refractivity contribution in [3.05, 3.63) is 50.8 Å². The summed E-state index contributed by atoms with van der Waals surface area (Å²) in [6.45, 7) is 1.62. The molecule has 0 aliphatic heterocycles. The van der Waals surface area contributed by atoms with E-state index in [4.69, 9.17) is 23.2 Å². The van der Waals surface area contributed by atoms with Crippen molar-refractivity contribution in [1.29, 1.82) is 0 Å². The Labute approximate surface area is 166 Å². The number of halogens is 2. The number of hydrogen-bond donors (Lipinski definition) is 2. The number of nitrogens with one attached hydrogen (secondary N) is 2. The third-order valence-corrected chi connectivity index (χ3v) is 5.32. The molecule has 0 saturated heterocycles. The zero-order valence-corrected chi connectivity index (χ0v) is 16.5. The number of carbonyl (C=O) groups is 3. The van der Waals surface area contributed by atoms with E-state index >= 15 is 0 Å². The van der Waals surface area contributed by atoms with E-state index in [1.165, 1.54) is 11.9 Å². The lowest BCUT2D eigenvalue weighted by Crippen LogP contribution is -2.35. The Hall–Kier alpha value is -2.31. The molecule has 1 aliphatic carbocycles. The van der Waals surface area contributed by atoms with E-state index in [-0.39, 0.29) is 24.1 Å². The van der Waals surface area contributed by atoms with E-state index < -0.39 is 0 Å². The van der Waals surface area contributed by atoms with Crippen molar-refractivity contribution in [2.24, 2.45) is 0 Å². The molecule has 1 heterocycles. The van der Waals surface area contributed by atoms with E-state index in [9.17, 15) is 14.4 Å². The van der Waals surface area contributed by atoms with Gasteiger partial charge in [0.05, 0.1) is 16.6 Å². The molecule has 27 heavy (non-hydrogen) atoms. The third-order valence-electron chi connectivity index (χ3n) is 4.58. The van der Waals surface area contributed by atoms with E-state index in [2.05, 4.69) is 10.3 Å². The quantitative estimate of drug-likeness (QED) is 0.806. The topological polar surface area (TPSA) is 82.3 Å². The van der Waals surface area contributed by atoms with Crippen LogP contribution in [0.2, 0.25) is 10.0 Å². The van der Waals surface area contributed by atoms with Crippen molar-refractivity contribution in [1.82, 2.24) is 9.88 Å². The molecule has 0 spiro atoms. The van der Waals surface area contributed by atoms with E-state index in [0.29, 0.717) is 39.0 Å². The van der Waals surface area contributed by atoms with Crippen LogP contribution in [0.25, 0.3) is 0 Å². The molecule has 2 N–H and O–H groups in total. The number of ketones is 1. The van der Waals surface area contributed by atoms with Crippen molar-refractivity contribution in [3.63, 3.8) is 0 Å². The number of H-pyrrole nitrogens is 1. The molecule has 1 aliphatic rings. The van der Waals surface area contributed by atoms with Crippen molar-refractivity contribution < 1.29 is 14.4 Å². The van der Waals surface area contributed by atoms with Crippen molar-refractivity contribution in [3.8, 4) is 0 Å². The molecule has 0 fully saturated rings. The maximum Gasteiger partial charge on any atom is 0.270 e. The lowest BCUT2D eigenvalue weighted by molar-refractivity contribution is -0.116. The van der Waals surface area contributed by atoms with Crippen molar-refractivity contribution in [2.45, 2.75) is 26.2 Å². The standard InChI is InChI=1S/C19H19Cl2N3O3/c1-10-17-14(4-3-5-15(17)25)23-18(10)19(27)24(2)9-16(26)22-11-6-7-12(20)13(21)8-11/h6-8,23H,3-5,9H2,1-2H3,(H,22,26). The lowest BCUT2D eigenvalue weighted by atomic mass is 9.94. The van der Waals surface area contributed by atoms with E-state index in [0.717, 1.165) is 18.5 Å². The molecule has 0 saturated carbocycles. The summed E-state index contributed by atoms with van der Waals surface area (Å²) in [5.74, 6) is -0.641. The van der Waals surface area contributed by atoms with Gasteiger partial charge in [-0.15, -0.1) is 0 Å². The summed E-state index contributed by atoms with van der Waals surface area (Å²) in [5.41, 5.74) is 2.93.